The third kappa shape index (κ3) is 3.78. The van der Waals surface area contributed by atoms with Crippen LogP contribution in [-0.2, 0) is 12.3 Å². The van der Waals surface area contributed by atoms with Crippen LogP contribution in [0.1, 0.15) is 11.3 Å². The molecular weight excluding hydrogens is 470 g/mol. The number of hydrogen-bond donors (Lipinski definition) is 0. The van der Waals surface area contributed by atoms with E-state index in [1.54, 1.807) is 39.0 Å². The summed E-state index contributed by atoms with van der Waals surface area (Å²) in [7, 11) is 0. The minimum absolute atomic E-state index is 0.0641. The lowest BCUT2D eigenvalue weighted by Gasteiger charge is -2.11. The Labute approximate surface area is 201 Å². The van der Waals surface area contributed by atoms with Gasteiger partial charge in [-0.3, -0.25) is 13.8 Å². The van der Waals surface area contributed by atoms with Gasteiger partial charge in [-0.15, -0.1) is 21.5 Å². The highest BCUT2D eigenvalue weighted by Crippen LogP contribution is 2.29. The quantitative estimate of drug-likeness (QED) is 0.287. The van der Waals surface area contributed by atoms with Crippen molar-refractivity contribution in [1.29, 1.82) is 0 Å². The van der Waals surface area contributed by atoms with Gasteiger partial charge in [-0.1, -0.05) is 54.2 Å². The number of fused-ring (bicyclic) bond motifs is 3. The standard InChI is InChI=1S/C24H17N5OS3/c30-22-19-8-4-5-9-20(19)29-23(28(22)12-16-6-2-1-3-7-16)26-27-24(29)33-15-18-14-32-21(25-18)17-10-11-31-13-17/h1-11,13-14H,12,15H2. The number of benzene rings is 2. The van der Waals surface area contributed by atoms with Crippen molar-refractivity contribution in [2.24, 2.45) is 0 Å². The van der Waals surface area contributed by atoms with Crippen LogP contribution in [0.3, 0.4) is 0 Å². The molecule has 6 aromatic rings. The molecule has 0 aliphatic rings. The molecule has 162 valence electrons. The Morgan fingerprint density at radius 1 is 0.939 bits per heavy atom. The summed E-state index contributed by atoms with van der Waals surface area (Å²) in [6.07, 6.45) is 0. The first-order valence-corrected chi connectivity index (χ1v) is 13.1. The maximum atomic E-state index is 13.3. The van der Waals surface area contributed by atoms with Crippen molar-refractivity contribution in [1.82, 2.24) is 24.1 Å². The molecular formula is C24H17N5OS3. The SMILES string of the molecule is O=c1c2ccccc2n2c(SCc3csc(-c4ccsc4)n3)nnc2n1Cc1ccccc1. The lowest BCUT2D eigenvalue weighted by molar-refractivity contribution is 0.764. The summed E-state index contributed by atoms with van der Waals surface area (Å²) in [6.45, 7) is 0.437. The van der Waals surface area contributed by atoms with E-state index < -0.39 is 0 Å². The average molecular weight is 488 g/mol. The monoisotopic (exact) mass is 487 g/mol. The van der Waals surface area contributed by atoms with Crippen molar-refractivity contribution in [3.05, 3.63) is 98.4 Å². The average Bonchev–Trinajstić information content (AvgIpc) is 3.62. The number of nitrogens with zero attached hydrogens (tertiary/aromatic N) is 5. The molecule has 6 rings (SSSR count). The Balaban J connectivity index is 1.40. The van der Waals surface area contributed by atoms with Crippen LogP contribution in [0.25, 0.3) is 27.3 Å². The Morgan fingerprint density at radius 3 is 2.64 bits per heavy atom. The van der Waals surface area contributed by atoms with Crippen LogP contribution >= 0.6 is 34.4 Å². The lowest BCUT2D eigenvalue weighted by Crippen LogP contribution is -2.24. The fraction of sp³-hybridized carbons (Fsp3) is 0.0833. The number of rotatable bonds is 6. The van der Waals surface area contributed by atoms with Crippen molar-refractivity contribution < 1.29 is 0 Å². The lowest BCUT2D eigenvalue weighted by atomic mass is 10.2. The summed E-state index contributed by atoms with van der Waals surface area (Å²) < 4.78 is 3.68. The summed E-state index contributed by atoms with van der Waals surface area (Å²) in [6, 6.07) is 19.7. The largest absolute Gasteiger partial charge is 0.272 e. The van der Waals surface area contributed by atoms with E-state index in [1.165, 1.54) is 0 Å². The van der Waals surface area contributed by atoms with Gasteiger partial charge in [0.15, 0.2) is 5.16 Å². The normalized spacial score (nSPS) is 11.5. The van der Waals surface area contributed by atoms with Gasteiger partial charge in [-0.25, -0.2) is 4.98 Å². The van der Waals surface area contributed by atoms with Gasteiger partial charge in [-0.2, -0.15) is 11.3 Å². The van der Waals surface area contributed by atoms with E-state index in [-0.39, 0.29) is 5.56 Å². The summed E-state index contributed by atoms with van der Waals surface area (Å²) in [5.41, 5.74) is 3.95. The topological polar surface area (TPSA) is 65.1 Å². The van der Waals surface area contributed by atoms with Crippen molar-refractivity contribution >= 4 is 51.1 Å². The molecule has 33 heavy (non-hydrogen) atoms. The molecule has 0 unspecified atom stereocenters. The summed E-state index contributed by atoms with van der Waals surface area (Å²) in [5, 5.41) is 17.6. The van der Waals surface area contributed by atoms with Gasteiger partial charge in [0.2, 0.25) is 5.78 Å². The Hall–Kier alpha value is -3.27. The van der Waals surface area contributed by atoms with Crippen LogP contribution in [0.5, 0.6) is 0 Å². The molecule has 0 fully saturated rings. The van der Waals surface area contributed by atoms with Crippen molar-refractivity contribution in [2.75, 3.05) is 0 Å². The molecule has 0 aliphatic carbocycles. The Bertz CT molecular complexity index is 1620. The number of thiophene rings is 1. The van der Waals surface area contributed by atoms with Crippen LogP contribution in [-0.4, -0.2) is 24.1 Å². The third-order valence-electron chi connectivity index (χ3n) is 5.33. The van der Waals surface area contributed by atoms with E-state index >= 15 is 0 Å². The van der Waals surface area contributed by atoms with Gasteiger partial charge in [0.05, 0.1) is 23.1 Å². The maximum Gasteiger partial charge on any atom is 0.263 e. The maximum absolute atomic E-state index is 13.3. The molecule has 0 aliphatic heterocycles. The molecule has 0 bridgehead atoms. The molecule has 4 aromatic heterocycles. The number of para-hydroxylation sites is 1. The summed E-state index contributed by atoms with van der Waals surface area (Å²) >= 11 is 4.90. The van der Waals surface area contributed by atoms with E-state index in [0.717, 1.165) is 32.5 Å². The second-order valence-corrected chi connectivity index (χ2v) is 10.0. The van der Waals surface area contributed by atoms with E-state index in [4.69, 9.17) is 4.98 Å². The second-order valence-electron chi connectivity index (χ2n) is 7.46. The highest BCUT2D eigenvalue weighted by atomic mass is 32.2. The zero-order valence-corrected chi connectivity index (χ0v) is 19.7. The molecule has 0 amide bonds. The highest BCUT2D eigenvalue weighted by molar-refractivity contribution is 7.98. The zero-order chi connectivity index (χ0) is 22.2. The summed E-state index contributed by atoms with van der Waals surface area (Å²) in [5.74, 6) is 1.22. The molecule has 0 saturated carbocycles. The van der Waals surface area contributed by atoms with E-state index in [0.29, 0.717) is 23.5 Å². The molecule has 9 heteroatoms. The molecule has 0 spiro atoms. The Morgan fingerprint density at radius 2 is 1.79 bits per heavy atom. The number of thioether (sulfide) groups is 1. The second kappa shape index (κ2) is 8.58. The van der Waals surface area contributed by atoms with Gasteiger partial charge < -0.3 is 0 Å². The molecule has 0 atom stereocenters. The predicted octanol–water partition coefficient (Wildman–Crippen LogP) is 5.57. The van der Waals surface area contributed by atoms with Crippen molar-refractivity contribution in [3.63, 3.8) is 0 Å². The van der Waals surface area contributed by atoms with Crippen LogP contribution in [0, 0.1) is 0 Å². The summed E-state index contributed by atoms with van der Waals surface area (Å²) in [4.78, 5) is 18.1. The number of thiazole rings is 1. The van der Waals surface area contributed by atoms with Gasteiger partial charge in [0.1, 0.15) is 5.01 Å². The third-order valence-corrected chi connectivity index (χ3v) is 7.92. The zero-order valence-electron chi connectivity index (χ0n) is 17.3. The van der Waals surface area contributed by atoms with Crippen LogP contribution in [0.15, 0.2) is 86.8 Å². The van der Waals surface area contributed by atoms with E-state index in [2.05, 4.69) is 32.4 Å². The number of aromatic nitrogens is 5. The predicted molar refractivity (Wildman–Crippen MR) is 135 cm³/mol. The van der Waals surface area contributed by atoms with Gasteiger partial charge in [-0.05, 0) is 29.1 Å². The molecule has 0 N–H and O–H groups in total. The van der Waals surface area contributed by atoms with Crippen LogP contribution in [0.2, 0.25) is 0 Å². The van der Waals surface area contributed by atoms with Crippen LogP contribution < -0.4 is 5.56 Å². The smallest absolute Gasteiger partial charge is 0.263 e. The fourth-order valence-corrected chi connectivity index (χ4v) is 6.24. The molecule has 6 nitrogen and oxygen atoms in total. The van der Waals surface area contributed by atoms with E-state index in [9.17, 15) is 4.79 Å². The van der Waals surface area contributed by atoms with Crippen molar-refractivity contribution in [2.45, 2.75) is 17.5 Å². The highest BCUT2D eigenvalue weighted by Gasteiger charge is 2.17. The fourth-order valence-electron chi connectivity index (χ4n) is 3.77. The van der Waals surface area contributed by atoms with E-state index in [1.807, 2.05) is 59.0 Å². The van der Waals surface area contributed by atoms with Gasteiger partial charge >= 0.3 is 0 Å². The first-order chi connectivity index (χ1) is 16.3. The van der Waals surface area contributed by atoms with Gasteiger partial charge in [0, 0.05) is 22.1 Å². The molecule has 4 heterocycles. The molecule has 0 radical (unpaired) electrons. The minimum atomic E-state index is -0.0641. The first-order valence-electron chi connectivity index (χ1n) is 10.3. The molecule has 0 saturated heterocycles. The van der Waals surface area contributed by atoms with Crippen molar-refractivity contribution in [3.8, 4) is 10.6 Å². The van der Waals surface area contributed by atoms with Gasteiger partial charge in [0.25, 0.3) is 5.56 Å². The Kier molecular flexibility index (Phi) is 5.29. The first kappa shape index (κ1) is 20.3. The molecule has 2 aromatic carbocycles. The van der Waals surface area contributed by atoms with Crippen LogP contribution in [0.4, 0.5) is 0 Å². The minimum Gasteiger partial charge on any atom is -0.272 e. The number of hydrogen-bond acceptors (Lipinski definition) is 7.